The quantitative estimate of drug-likeness (QED) is 0.794. The number of carbonyl (C=O) groups is 1. The van der Waals surface area contributed by atoms with Crippen molar-refractivity contribution in [1.82, 2.24) is 4.31 Å². The monoisotopic (exact) mass is 393 g/mol. The van der Waals surface area contributed by atoms with Crippen molar-refractivity contribution in [2.24, 2.45) is 23.5 Å². The van der Waals surface area contributed by atoms with Crippen LogP contribution >= 0.6 is 0 Å². The first kappa shape index (κ1) is 18.7. The SMILES string of the molecule is COc1cc(NC(=O)C2C3CCC(C3)C2N)ccc1S(=O)(=O)N1CCCC1. The van der Waals surface area contributed by atoms with Crippen LogP contribution in [0.25, 0.3) is 0 Å². The van der Waals surface area contributed by atoms with E-state index in [0.717, 1.165) is 32.1 Å². The molecule has 2 bridgehead atoms. The summed E-state index contributed by atoms with van der Waals surface area (Å²) in [5.74, 6) is 0.821. The fourth-order valence-corrected chi connectivity index (χ4v) is 6.63. The number of hydrogen-bond acceptors (Lipinski definition) is 5. The van der Waals surface area contributed by atoms with E-state index in [1.165, 1.54) is 17.5 Å². The molecule has 8 heteroatoms. The van der Waals surface area contributed by atoms with Gasteiger partial charge in [0.2, 0.25) is 15.9 Å². The molecule has 3 N–H and O–H groups in total. The van der Waals surface area contributed by atoms with Gasteiger partial charge in [0.15, 0.2) is 0 Å². The Kier molecular flexibility index (Phi) is 4.90. The molecule has 1 aromatic rings. The molecule has 2 saturated carbocycles. The molecule has 0 aromatic heterocycles. The fourth-order valence-electron chi connectivity index (χ4n) is 4.98. The summed E-state index contributed by atoms with van der Waals surface area (Å²) in [6, 6.07) is 4.64. The molecule has 1 heterocycles. The Morgan fingerprint density at radius 3 is 2.56 bits per heavy atom. The topological polar surface area (TPSA) is 102 Å². The number of hydrogen-bond donors (Lipinski definition) is 2. The van der Waals surface area contributed by atoms with Crippen molar-refractivity contribution < 1.29 is 17.9 Å². The van der Waals surface area contributed by atoms with Crippen LogP contribution in [0.3, 0.4) is 0 Å². The van der Waals surface area contributed by atoms with Gasteiger partial charge in [0.05, 0.1) is 13.0 Å². The van der Waals surface area contributed by atoms with Crippen molar-refractivity contribution in [3.8, 4) is 5.75 Å². The standard InChI is InChI=1S/C19H27N3O4S/c1-26-15-11-14(6-7-16(15)27(24,25)22-8-2-3-9-22)21-19(23)17-12-4-5-13(10-12)18(17)20/h6-7,11-13,17-18H,2-5,8-10,20H2,1H3,(H,21,23). The second-order valence-electron chi connectivity index (χ2n) is 7.90. The summed E-state index contributed by atoms with van der Waals surface area (Å²) in [4.78, 5) is 12.9. The third kappa shape index (κ3) is 3.23. The number of rotatable bonds is 5. The summed E-state index contributed by atoms with van der Waals surface area (Å²) in [6.07, 6.45) is 4.97. The van der Waals surface area contributed by atoms with E-state index < -0.39 is 10.0 Å². The van der Waals surface area contributed by atoms with Gasteiger partial charge in [-0.1, -0.05) is 0 Å². The highest BCUT2D eigenvalue weighted by Crippen LogP contribution is 2.48. The van der Waals surface area contributed by atoms with Gasteiger partial charge < -0.3 is 15.8 Å². The zero-order valence-electron chi connectivity index (χ0n) is 15.6. The van der Waals surface area contributed by atoms with Crippen molar-refractivity contribution >= 4 is 21.6 Å². The number of carbonyl (C=O) groups excluding carboxylic acids is 1. The number of methoxy groups -OCH3 is 1. The Morgan fingerprint density at radius 1 is 1.22 bits per heavy atom. The minimum atomic E-state index is -3.58. The fraction of sp³-hybridized carbons (Fsp3) is 0.632. The summed E-state index contributed by atoms with van der Waals surface area (Å²) in [7, 11) is -2.14. The first-order valence-electron chi connectivity index (χ1n) is 9.66. The van der Waals surface area contributed by atoms with E-state index in [0.29, 0.717) is 30.6 Å². The molecule has 1 saturated heterocycles. The molecule has 1 amide bonds. The van der Waals surface area contributed by atoms with E-state index in [1.54, 1.807) is 12.1 Å². The van der Waals surface area contributed by atoms with Crippen LogP contribution in [-0.2, 0) is 14.8 Å². The second kappa shape index (κ2) is 7.07. The van der Waals surface area contributed by atoms with Crippen LogP contribution in [0.15, 0.2) is 23.1 Å². The van der Waals surface area contributed by atoms with Crippen molar-refractivity contribution in [3.63, 3.8) is 0 Å². The zero-order valence-corrected chi connectivity index (χ0v) is 16.4. The number of nitrogens with two attached hydrogens (primary N) is 1. The molecular formula is C19H27N3O4S. The number of nitrogens with one attached hydrogen (secondary N) is 1. The van der Waals surface area contributed by atoms with E-state index in [1.807, 2.05) is 0 Å². The molecule has 1 aliphatic heterocycles. The smallest absolute Gasteiger partial charge is 0.246 e. The zero-order chi connectivity index (χ0) is 19.2. The van der Waals surface area contributed by atoms with Gasteiger partial charge in [-0.05, 0) is 56.1 Å². The van der Waals surface area contributed by atoms with E-state index in [2.05, 4.69) is 5.32 Å². The van der Waals surface area contributed by atoms with E-state index in [4.69, 9.17) is 10.5 Å². The first-order chi connectivity index (χ1) is 12.9. The highest BCUT2D eigenvalue weighted by molar-refractivity contribution is 7.89. The molecule has 4 unspecified atom stereocenters. The Bertz CT molecular complexity index is 833. The van der Waals surface area contributed by atoms with Crippen LogP contribution in [0, 0.1) is 17.8 Å². The van der Waals surface area contributed by atoms with Crippen LogP contribution in [0.2, 0.25) is 0 Å². The first-order valence-corrected chi connectivity index (χ1v) is 11.1. The largest absolute Gasteiger partial charge is 0.495 e. The lowest BCUT2D eigenvalue weighted by molar-refractivity contribution is -0.121. The maximum atomic E-state index is 12.8. The van der Waals surface area contributed by atoms with Gasteiger partial charge in [0, 0.05) is 30.9 Å². The normalized spacial score (nSPS) is 30.6. The highest BCUT2D eigenvalue weighted by atomic mass is 32.2. The van der Waals surface area contributed by atoms with E-state index in [-0.39, 0.29) is 28.5 Å². The third-order valence-electron chi connectivity index (χ3n) is 6.40. The van der Waals surface area contributed by atoms with Gasteiger partial charge >= 0.3 is 0 Å². The average molecular weight is 394 g/mol. The Labute approximate surface area is 160 Å². The van der Waals surface area contributed by atoms with E-state index >= 15 is 0 Å². The number of sulfonamides is 1. The summed E-state index contributed by atoms with van der Waals surface area (Å²) < 4.78 is 32.5. The molecule has 3 aliphatic rings. The summed E-state index contributed by atoms with van der Waals surface area (Å²) in [5, 5.41) is 2.91. The number of fused-ring (bicyclic) bond motifs is 2. The molecule has 0 radical (unpaired) electrons. The maximum Gasteiger partial charge on any atom is 0.246 e. The minimum absolute atomic E-state index is 0.0769. The summed E-state index contributed by atoms with van der Waals surface area (Å²) in [6.45, 7) is 1.07. The molecule has 7 nitrogen and oxygen atoms in total. The van der Waals surface area contributed by atoms with Crippen LogP contribution in [-0.4, -0.2) is 44.9 Å². The summed E-state index contributed by atoms with van der Waals surface area (Å²) >= 11 is 0. The van der Waals surface area contributed by atoms with E-state index in [9.17, 15) is 13.2 Å². The van der Waals surface area contributed by atoms with Crippen LogP contribution in [0.5, 0.6) is 5.75 Å². The van der Waals surface area contributed by atoms with Gasteiger partial charge in [0.1, 0.15) is 10.6 Å². The Hall–Kier alpha value is -1.64. The number of amides is 1. The van der Waals surface area contributed by atoms with Gasteiger partial charge in [-0.25, -0.2) is 8.42 Å². The highest BCUT2D eigenvalue weighted by Gasteiger charge is 2.49. The predicted molar refractivity (Wildman–Crippen MR) is 102 cm³/mol. The maximum absolute atomic E-state index is 12.8. The van der Waals surface area contributed by atoms with Crippen molar-refractivity contribution in [3.05, 3.63) is 18.2 Å². The Balaban J connectivity index is 1.54. The van der Waals surface area contributed by atoms with Crippen LogP contribution in [0.4, 0.5) is 5.69 Å². The summed E-state index contributed by atoms with van der Waals surface area (Å²) in [5.41, 5.74) is 6.79. The molecule has 27 heavy (non-hydrogen) atoms. The average Bonchev–Trinajstić information content (AvgIpc) is 3.38. The van der Waals surface area contributed by atoms with Gasteiger partial charge in [-0.15, -0.1) is 0 Å². The minimum Gasteiger partial charge on any atom is -0.495 e. The number of nitrogens with zero attached hydrogens (tertiary/aromatic N) is 1. The van der Waals surface area contributed by atoms with Gasteiger partial charge in [-0.2, -0.15) is 4.31 Å². The number of benzene rings is 1. The second-order valence-corrected chi connectivity index (χ2v) is 9.81. The molecule has 3 fully saturated rings. The van der Waals surface area contributed by atoms with Crippen molar-refractivity contribution in [2.45, 2.75) is 43.0 Å². The number of anilines is 1. The predicted octanol–water partition coefficient (Wildman–Crippen LogP) is 1.79. The molecular weight excluding hydrogens is 366 g/mol. The van der Waals surface area contributed by atoms with Crippen LogP contribution in [0.1, 0.15) is 32.1 Å². The molecule has 2 aliphatic carbocycles. The molecule has 4 atom stereocenters. The van der Waals surface area contributed by atoms with Gasteiger partial charge in [-0.3, -0.25) is 4.79 Å². The lowest BCUT2D eigenvalue weighted by atomic mass is 9.84. The molecule has 4 rings (SSSR count). The van der Waals surface area contributed by atoms with Crippen LogP contribution < -0.4 is 15.8 Å². The molecule has 0 spiro atoms. The number of ether oxygens (including phenoxy) is 1. The lowest BCUT2D eigenvalue weighted by Crippen LogP contribution is -2.42. The van der Waals surface area contributed by atoms with Gasteiger partial charge in [0.25, 0.3) is 0 Å². The molecule has 1 aromatic carbocycles. The Morgan fingerprint density at radius 2 is 1.93 bits per heavy atom. The third-order valence-corrected chi connectivity index (χ3v) is 8.34. The lowest BCUT2D eigenvalue weighted by Gasteiger charge is -2.27. The van der Waals surface area contributed by atoms with Crippen molar-refractivity contribution in [2.75, 3.05) is 25.5 Å². The van der Waals surface area contributed by atoms with Crippen molar-refractivity contribution in [1.29, 1.82) is 0 Å². The molecule has 148 valence electrons.